The first-order chi connectivity index (χ1) is 18.5. The van der Waals surface area contributed by atoms with Crippen LogP contribution in [0, 0.1) is 40.9 Å². The van der Waals surface area contributed by atoms with Gasteiger partial charge in [-0.1, -0.05) is 43.3 Å². The number of aromatic nitrogens is 2. The lowest BCUT2D eigenvalue weighted by Gasteiger charge is -2.42. The summed E-state index contributed by atoms with van der Waals surface area (Å²) in [6, 6.07) is 20.9. The molecule has 0 aliphatic carbocycles. The molecule has 7 nitrogen and oxygen atoms in total. The van der Waals surface area contributed by atoms with Gasteiger partial charge in [0.15, 0.2) is 0 Å². The Morgan fingerprint density at radius 3 is 2.46 bits per heavy atom. The lowest BCUT2D eigenvalue weighted by Crippen LogP contribution is -2.48. The molecule has 204 valence electrons. The first-order valence-corrected chi connectivity index (χ1v) is 12.5. The van der Waals surface area contributed by atoms with E-state index in [2.05, 4.69) is 65.5 Å². The predicted octanol–water partition coefficient (Wildman–Crippen LogP) is 5.28. The molecule has 39 heavy (non-hydrogen) atoms. The van der Waals surface area contributed by atoms with Gasteiger partial charge in [-0.05, 0) is 61.1 Å². The summed E-state index contributed by atoms with van der Waals surface area (Å²) in [5.41, 5.74) is 4.95. The average molecular weight is 538 g/mol. The normalized spacial score (nSPS) is 19.6. The van der Waals surface area contributed by atoms with Gasteiger partial charge < -0.3 is 15.4 Å². The summed E-state index contributed by atoms with van der Waals surface area (Å²) in [5, 5.41) is 30.0. The number of aromatic amines is 1. The number of nitrogens with zero attached hydrogens (tertiary/aromatic N) is 3. The Labute approximate surface area is 225 Å². The lowest BCUT2D eigenvalue weighted by molar-refractivity contribution is -0.192. The Kier molecular flexibility index (Phi) is 9.50. The number of hydrogen-bond acceptors (Lipinski definition) is 5. The molecule has 3 atom stereocenters. The molecular formula is C29H30F3N5O2. The predicted molar refractivity (Wildman–Crippen MR) is 139 cm³/mol. The number of carbonyl (C=O) groups is 1. The SMILES string of the molecule is Cc1ccccc1CC1(C#N)CCNCC1C(C)c1cnc(Cc2ccc(C#N)cc2)[nH]1.O=C(O)C(F)(F)F. The number of H-pyrrole nitrogens is 1. The number of benzene rings is 2. The summed E-state index contributed by atoms with van der Waals surface area (Å²) >= 11 is 0. The number of halogens is 3. The van der Waals surface area contributed by atoms with Crippen LogP contribution in [0.2, 0.25) is 0 Å². The summed E-state index contributed by atoms with van der Waals surface area (Å²) in [4.78, 5) is 17.0. The zero-order valence-electron chi connectivity index (χ0n) is 21.7. The monoisotopic (exact) mass is 537 g/mol. The van der Waals surface area contributed by atoms with E-state index in [4.69, 9.17) is 15.2 Å². The summed E-state index contributed by atoms with van der Waals surface area (Å²) in [6.45, 7) is 6.03. The molecule has 0 radical (unpaired) electrons. The van der Waals surface area contributed by atoms with Crippen molar-refractivity contribution in [3.63, 3.8) is 0 Å². The number of carboxylic acids is 1. The molecule has 1 saturated heterocycles. The highest BCUT2D eigenvalue weighted by Gasteiger charge is 2.44. The number of imidazole rings is 1. The van der Waals surface area contributed by atoms with Crippen molar-refractivity contribution in [1.29, 1.82) is 10.5 Å². The van der Waals surface area contributed by atoms with Gasteiger partial charge in [0.25, 0.3) is 0 Å². The number of hydrogen-bond donors (Lipinski definition) is 3. The van der Waals surface area contributed by atoms with E-state index in [1.54, 1.807) is 0 Å². The van der Waals surface area contributed by atoms with E-state index in [1.807, 2.05) is 30.5 Å². The third-order valence-corrected chi connectivity index (χ3v) is 7.25. The number of aryl methyl sites for hydroxylation is 1. The first-order valence-electron chi connectivity index (χ1n) is 12.5. The van der Waals surface area contributed by atoms with Gasteiger partial charge in [-0.15, -0.1) is 0 Å². The van der Waals surface area contributed by atoms with Gasteiger partial charge in [0, 0.05) is 30.8 Å². The van der Waals surface area contributed by atoms with Gasteiger partial charge in [-0.2, -0.15) is 23.7 Å². The molecule has 3 N–H and O–H groups in total. The van der Waals surface area contributed by atoms with Crippen LogP contribution < -0.4 is 5.32 Å². The minimum absolute atomic E-state index is 0.175. The number of piperidine rings is 1. The van der Waals surface area contributed by atoms with E-state index in [-0.39, 0.29) is 11.8 Å². The maximum Gasteiger partial charge on any atom is 0.490 e. The molecule has 1 aliphatic heterocycles. The lowest BCUT2D eigenvalue weighted by atomic mass is 9.63. The fourth-order valence-electron chi connectivity index (χ4n) is 4.96. The van der Waals surface area contributed by atoms with Crippen molar-refractivity contribution < 1.29 is 23.1 Å². The van der Waals surface area contributed by atoms with Crippen molar-refractivity contribution in [2.24, 2.45) is 11.3 Å². The molecule has 1 aliphatic rings. The third-order valence-electron chi connectivity index (χ3n) is 7.25. The molecule has 1 fully saturated rings. The average Bonchev–Trinajstić information content (AvgIpc) is 3.38. The van der Waals surface area contributed by atoms with E-state index in [0.29, 0.717) is 12.0 Å². The Morgan fingerprint density at radius 2 is 1.87 bits per heavy atom. The Hall–Kier alpha value is -4.15. The molecule has 0 saturated carbocycles. The quantitative estimate of drug-likeness (QED) is 0.393. The minimum Gasteiger partial charge on any atom is -0.475 e. The molecule has 10 heteroatoms. The second-order valence-electron chi connectivity index (χ2n) is 9.79. The maximum absolute atomic E-state index is 10.6. The first kappa shape index (κ1) is 29.4. The topological polar surface area (TPSA) is 126 Å². The third kappa shape index (κ3) is 7.46. The minimum atomic E-state index is -5.08. The highest BCUT2D eigenvalue weighted by Crippen LogP contribution is 2.44. The van der Waals surface area contributed by atoms with Crippen LogP contribution in [-0.2, 0) is 17.6 Å². The number of nitriles is 2. The molecule has 3 aromatic rings. The Morgan fingerprint density at radius 1 is 1.21 bits per heavy atom. The molecule has 1 aromatic heterocycles. The van der Waals surface area contributed by atoms with Gasteiger partial charge in [-0.3, -0.25) is 0 Å². The van der Waals surface area contributed by atoms with Crippen LogP contribution in [0.5, 0.6) is 0 Å². The van der Waals surface area contributed by atoms with Gasteiger partial charge >= 0.3 is 12.1 Å². The molecular weight excluding hydrogens is 507 g/mol. The van der Waals surface area contributed by atoms with Crippen LogP contribution in [0.15, 0.2) is 54.7 Å². The second-order valence-corrected chi connectivity index (χ2v) is 9.79. The Bertz CT molecular complexity index is 1350. The van der Waals surface area contributed by atoms with Crippen molar-refractivity contribution in [3.05, 3.63) is 88.5 Å². The van der Waals surface area contributed by atoms with Crippen molar-refractivity contribution in [1.82, 2.24) is 15.3 Å². The fourth-order valence-corrected chi connectivity index (χ4v) is 4.96. The number of alkyl halides is 3. The van der Waals surface area contributed by atoms with Gasteiger partial charge in [0.05, 0.1) is 23.1 Å². The molecule has 3 unspecified atom stereocenters. The van der Waals surface area contributed by atoms with Crippen LogP contribution in [0.4, 0.5) is 13.2 Å². The van der Waals surface area contributed by atoms with E-state index < -0.39 is 17.6 Å². The number of rotatable bonds is 6. The summed E-state index contributed by atoms with van der Waals surface area (Å²) in [7, 11) is 0. The fraction of sp³-hybridized carbons (Fsp3) is 0.379. The van der Waals surface area contributed by atoms with Crippen LogP contribution >= 0.6 is 0 Å². The molecule has 0 spiro atoms. The second kappa shape index (κ2) is 12.6. The van der Waals surface area contributed by atoms with Crippen LogP contribution in [0.1, 0.15) is 53.0 Å². The number of nitrogens with one attached hydrogen (secondary N) is 2. The summed E-state index contributed by atoms with van der Waals surface area (Å²) in [5.74, 6) is -1.49. The van der Waals surface area contributed by atoms with E-state index in [0.717, 1.165) is 43.0 Å². The summed E-state index contributed by atoms with van der Waals surface area (Å²) in [6.07, 6.45) is -0.847. The highest BCUT2D eigenvalue weighted by molar-refractivity contribution is 5.73. The van der Waals surface area contributed by atoms with Crippen molar-refractivity contribution >= 4 is 5.97 Å². The molecule has 4 rings (SSSR count). The van der Waals surface area contributed by atoms with E-state index in [1.165, 1.54) is 11.1 Å². The highest BCUT2D eigenvalue weighted by atomic mass is 19.4. The molecule has 2 heterocycles. The molecule has 0 bridgehead atoms. The van der Waals surface area contributed by atoms with Gasteiger partial charge in [0.2, 0.25) is 0 Å². The van der Waals surface area contributed by atoms with E-state index in [9.17, 15) is 18.4 Å². The maximum atomic E-state index is 10.6. The Balaban J connectivity index is 0.000000532. The van der Waals surface area contributed by atoms with Crippen molar-refractivity contribution in [2.45, 2.75) is 45.2 Å². The smallest absolute Gasteiger partial charge is 0.475 e. The standard InChI is InChI=1S/C27H29N5.C2HF3O2/c1-19-5-3-4-6-23(19)14-27(18-29)11-12-30-16-24(27)20(2)25-17-31-26(32-25)13-21-7-9-22(15-28)10-8-21;3-2(4,5)1(6)7/h3-10,17,20,24,30H,11-14,16H2,1-2H3,(H,31,32);(H,6,7). The zero-order valence-corrected chi connectivity index (χ0v) is 21.7. The van der Waals surface area contributed by atoms with E-state index >= 15 is 0 Å². The van der Waals surface area contributed by atoms with Crippen LogP contribution in [0.25, 0.3) is 0 Å². The summed E-state index contributed by atoms with van der Waals surface area (Å²) < 4.78 is 31.7. The van der Waals surface area contributed by atoms with Crippen LogP contribution in [-0.4, -0.2) is 40.3 Å². The largest absolute Gasteiger partial charge is 0.490 e. The molecule has 0 amide bonds. The van der Waals surface area contributed by atoms with Crippen molar-refractivity contribution in [3.8, 4) is 12.1 Å². The van der Waals surface area contributed by atoms with Crippen LogP contribution in [0.3, 0.4) is 0 Å². The van der Waals surface area contributed by atoms with Gasteiger partial charge in [-0.25, -0.2) is 9.78 Å². The molecule has 2 aromatic carbocycles. The van der Waals surface area contributed by atoms with Gasteiger partial charge in [0.1, 0.15) is 5.82 Å². The van der Waals surface area contributed by atoms with Crippen molar-refractivity contribution in [2.75, 3.05) is 13.1 Å². The number of carboxylic acid groups (broad SMARTS) is 1. The number of aliphatic carboxylic acids is 1. The zero-order chi connectivity index (χ0) is 28.6.